The van der Waals surface area contributed by atoms with E-state index >= 15 is 0 Å². The summed E-state index contributed by atoms with van der Waals surface area (Å²) in [5.41, 5.74) is 0.586. The van der Waals surface area contributed by atoms with E-state index in [0.717, 1.165) is 25.7 Å². The van der Waals surface area contributed by atoms with Gasteiger partial charge in [0, 0.05) is 12.2 Å². The van der Waals surface area contributed by atoms with E-state index in [1.807, 2.05) is 6.07 Å². The summed E-state index contributed by atoms with van der Waals surface area (Å²) in [6.07, 6.45) is 14.5. The van der Waals surface area contributed by atoms with E-state index < -0.39 is 0 Å². The van der Waals surface area contributed by atoms with Crippen LogP contribution in [0.15, 0.2) is 30.0 Å². The first kappa shape index (κ1) is 22.6. The van der Waals surface area contributed by atoms with Gasteiger partial charge in [-0.1, -0.05) is 87.1 Å². The minimum absolute atomic E-state index is 0.0298. The van der Waals surface area contributed by atoms with Crippen molar-refractivity contribution in [1.82, 2.24) is 5.32 Å². The smallest absolute Gasteiger partial charge is 0.263 e. The Morgan fingerprint density at radius 3 is 2.14 bits per heavy atom. The first-order chi connectivity index (χ1) is 13.6. The quantitative estimate of drug-likeness (QED) is 0.424. The number of carbonyl (C=O) groups excluding carboxylic acids is 1. The third kappa shape index (κ3) is 7.73. The van der Waals surface area contributed by atoms with E-state index in [1.165, 1.54) is 51.1 Å². The molecule has 1 aromatic rings. The second-order valence-corrected chi connectivity index (χ2v) is 8.13. The Labute approximate surface area is 178 Å². The molecule has 0 unspecified atom stereocenters. The van der Waals surface area contributed by atoms with Gasteiger partial charge in [-0.25, -0.2) is 0 Å². The van der Waals surface area contributed by atoms with Gasteiger partial charge in [0.1, 0.15) is 11.6 Å². The summed E-state index contributed by atoms with van der Waals surface area (Å²) in [6.45, 7) is 0. The lowest BCUT2D eigenvalue weighted by Gasteiger charge is -2.19. The van der Waals surface area contributed by atoms with Crippen LogP contribution in [0.4, 0.5) is 5.69 Å². The van der Waals surface area contributed by atoms with Crippen LogP contribution >= 0.6 is 23.2 Å². The molecule has 0 saturated heterocycles. The molecular weight excluding hydrogens is 393 g/mol. The van der Waals surface area contributed by atoms with Gasteiger partial charge in [0.05, 0.1) is 15.7 Å². The van der Waals surface area contributed by atoms with Gasteiger partial charge in [0.15, 0.2) is 0 Å². The molecule has 1 fully saturated rings. The van der Waals surface area contributed by atoms with E-state index in [0.29, 0.717) is 15.7 Å². The van der Waals surface area contributed by atoms with Gasteiger partial charge in [0.25, 0.3) is 5.91 Å². The Bertz CT molecular complexity index is 700. The zero-order chi connectivity index (χ0) is 20.2. The molecule has 152 valence electrons. The molecule has 1 aliphatic carbocycles. The second-order valence-electron chi connectivity index (χ2n) is 7.35. The lowest BCUT2D eigenvalue weighted by molar-refractivity contribution is -0.117. The van der Waals surface area contributed by atoms with Crippen molar-refractivity contribution in [3.63, 3.8) is 0 Å². The molecule has 1 aliphatic rings. The van der Waals surface area contributed by atoms with E-state index in [-0.39, 0.29) is 17.5 Å². The number of anilines is 1. The standard InChI is InChI=1S/C22H29Cl2N3O/c23-19-13-10-14-20(21(19)24)26-16-17(15-25)22(28)27-18-11-8-6-4-2-1-3-5-7-9-12-18/h10,13-14,16,18,26H,1-9,11-12H2,(H,27,28)/b17-16-. The van der Waals surface area contributed by atoms with E-state index in [2.05, 4.69) is 10.6 Å². The predicted molar refractivity (Wildman–Crippen MR) is 116 cm³/mol. The largest absolute Gasteiger partial charge is 0.359 e. The molecule has 2 rings (SSSR count). The van der Waals surface area contributed by atoms with Gasteiger partial charge in [-0.05, 0) is 25.0 Å². The molecule has 4 nitrogen and oxygen atoms in total. The number of hydrogen-bond donors (Lipinski definition) is 2. The van der Waals surface area contributed by atoms with Gasteiger partial charge in [-0.2, -0.15) is 5.26 Å². The number of halogens is 2. The maximum absolute atomic E-state index is 12.6. The lowest BCUT2D eigenvalue weighted by Crippen LogP contribution is -2.35. The first-order valence-electron chi connectivity index (χ1n) is 10.2. The third-order valence-electron chi connectivity index (χ3n) is 5.13. The highest BCUT2D eigenvalue weighted by Crippen LogP contribution is 2.29. The molecule has 0 aliphatic heterocycles. The molecular formula is C22H29Cl2N3O. The molecule has 0 bridgehead atoms. The molecule has 1 aromatic carbocycles. The summed E-state index contributed by atoms with van der Waals surface area (Å²) >= 11 is 12.1. The van der Waals surface area contributed by atoms with Crippen LogP contribution < -0.4 is 10.6 Å². The number of hydrogen-bond acceptors (Lipinski definition) is 3. The molecule has 6 heteroatoms. The van der Waals surface area contributed by atoms with Crippen LogP contribution in [0.3, 0.4) is 0 Å². The summed E-state index contributed by atoms with van der Waals surface area (Å²) in [6, 6.07) is 7.27. The summed E-state index contributed by atoms with van der Waals surface area (Å²) in [7, 11) is 0. The lowest BCUT2D eigenvalue weighted by atomic mass is 9.98. The zero-order valence-corrected chi connectivity index (χ0v) is 17.8. The summed E-state index contributed by atoms with van der Waals surface area (Å²) in [5.74, 6) is -0.342. The molecule has 1 saturated carbocycles. The Morgan fingerprint density at radius 1 is 1.00 bits per heavy atom. The van der Waals surface area contributed by atoms with E-state index in [1.54, 1.807) is 18.2 Å². The molecule has 2 N–H and O–H groups in total. The van der Waals surface area contributed by atoms with Crippen molar-refractivity contribution in [1.29, 1.82) is 5.26 Å². The third-order valence-corrected chi connectivity index (χ3v) is 5.95. The van der Waals surface area contributed by atoms with E-state index in [9.17, 15) is 10.1 Å². The van der Waals surface area contributed by atoms with Crippen LogP contribution in [0.1, 0.15) is 70.6 Å². The highest BCUT2D eigenvalue weighted by atomic mass is 35.5. The molecule has 0 radical (unpaired) electrons. The Morgan fingerprint density at radius 2 is 1.57 bits per heavy atom. The predicted octanol–water partition coefficient (Wildman–Crippen LogP) is 6.60. The molecule has 0 heterocycles. The van der Waals surface area contributed by atoms with Crippen molar-refractivity contribution in [3.05, 3.63) is 40.0 Å². The van der Waals surface area contributed by atoms with Crippen LogP contribution in [0, 0.1) is 11.3 Å². The number of nitrogens with zero attached hydrogens (tertiary/aromatic N) is 1. The average molecular weight is 422 g/mol. The van der Waals surface area contributed by atoms with E-state index in [4.69, 9.17) is 23.2 Å². The fourth-order valence-electron chi connectivity index (χ4n) is 3.48. The maximum atomic E-state index is 12.6. The highest BCUT2D eigenvalue weighted by molar-refractivity contribution is 6.43. The summed E-state index contributed by atoms with van der Waals surface area (Å²) in [5, 5.41) is 16.1. The van der Waals surface area contributed by atoms with Crippen LogP contribution in [-0.2, 0) is 4.79 Å². The maximum Gasteiger partial charge on any atom is 0.263 e. The number of rotatable bonds is 4. The van der Waals surface area contributed by atoms with Crippen LogP contribution in [0.5, 0.6) is 0 Å². The Hall–Kier alpha value is -1.70. The number of nitrogens with one attached hydrogen (secondary N) is 2. The number of carbonyl (C=O) groups is 1. The van der Waals surface area contributed by atoms with Crippen LogP contribution in [0.25, 0.3) is 0 Å². The molecule has 0 atom stereocenters. The summed E-state index contributed by atoms with van der Waals surface area (Å²) < 4.78 is 0. The SMILES string of the molecule is N#C/C(=C/Nc1cccc(Cl)c1Cl)C(=O)NC1CCCCCCCCCCC1. The van der Waals surface area contributed by atoms with Crippen molar-refractivity contribution in [2.45, 2.75) is 76.7 Å². The van der Waals surface area contributed by atoms with Crippen molar-refractivity contribution in [2.75, 3.05) is 5.32 Å². The number of benzene rings is 1. The number of nitriles is 1. The van der Waals surface area contributed by atoms with Crippen molar-refractivity contribution < 1.29 is 4.79 Å². The van der Waals surface area contributed by atoms with Gasteiger partial charge in [0.2, 0.25) is 0 Å². The normalized spacial score (nSPS) is 17.7. The van der Waals surface area contributed by atoms with Crippen molar-refractivity contribution in [2.24, 2.45) is 0 Å². The average Bonchev–Trinajstić information content (AvgIpc) is 2.67. The van der Waals surface area contributed by atoms with Gasteiger partial charge in [-0.3, -0.25) is 4.79 Å². The number of amides is 1. The fraction of sp³-hybridized carbons (Fsp3) is 0.545. The molecule has 1 amide bonds. The minimum Gasteiger partial charge on any atom is -0.359 e. The molecule has 28 heavy (non-hydrogen) atoms. The molecule has 0 aromatic heterocycles. The highest BCUT2D eigenvalue weighted by Gasteiger charge is 2.16. The molecule has 0 spiro atoms. The Balaban J connectivity index is 1.96. The summed E-state index contributed by atoms with van der Waals surface area (Å²) in [4.78, 5) is 12.6. The Kier molecular flexibility index (Phi) is 10.2. The van der Waals surface area contributed by atoms with Crippen LogP contribution in [0.2, 0.25) is 10.0 Å². The monoisotopic (exact) mass is 421 g/mol. The van der Waals surface area contributed by atoms with Gasteiger partial charge < -0.3 is 10.6 Å². The van der Waals surface area contributed by atoms with Gasteiger partial charge >= 0.3 is 0 Å². The second kappa shape index (κ2) is 12.7. The van der Waals surface area contributed by atoms with Gasteiger partial charge in [-0.15, -0.1) is 0 Å². The topological polar surface area (TPSA) is 64.9 Å². The zero-order valence-electron chi connectivity index (χ0n) is 16.3. The van der Waals surface area contributed by atoms with Crippen LogP contribution in [-0.4, -0.2) is 11.9 Å². The first-order valence-corrected chi connectivity index (χ1v) is 11.0. The van der Waals surface area contributed by atoms with Crippen molar-refractivity contribution in [3.8, 4) is 6.07 Å². The minimum atomic E-state index is -0.342. The van der Waals surface area contributed by atoms with Crippen molar-refractivity contribution >= 4 is 34.8 Å². The fourth-order valence-corrected chi connectivity index (χ4v) is 3.84.